The molecule has 3 aromatic rings. The van der Waals surface area contributed by atoms with E-state index in [9.17, 15) is 18.4 Å². The zero-order valence-corrected chi connectivity index (χ0v) is 21.1. The number of nitrogens with one attached hydrogen (secondary N) is 1. The highest BCUT2D eigenvalue weighted by Crippen LogP contribution is 2.29. The molecule has 0 aliphatic rings. The maximum absolute atomic E-state index is 15.0. The molecule has 36 heavy (non-hydrogen) atoms. The predicted octanol–water partition coefficient (Wildman–Crippen LogP) is 6.24. The lowest BCUT2D eigenvalue weighted by atomic mass is 10.1. The smallest absolute Gasteiger partial charge is 0.331 e. The van der Waals surface area contributed by atoms with E-state index in [0.717, 1.165) is 41.1 Å². The summed E-state index contributed by atoms with van der Waals surface area (Å²) in [6, 6.07) is 6.47. The van der Waals surface area contributed by atoms with Gasteiger partial charge in [0, 0.05) is 39.0 Å². The molecule has 0 saturated heterocycles. The molecular weight excluding hydrogens is 513 g/mol. The summed E-state index contributed by atoms with van der Waals surface area (Å²) < 4.78 is 49.3. The van der Waals surface area contributed by atoms with Crippen LogP contribution >= 0.6 is 23.1 Å². The quantitative estimate of drug-likeness (QED) is 0.223. The Labute approximate surface area is 214 Å². The summed E-state index contributed by atoms with van der Waals surface area (Å²) >= 11 is 2.76. The van der Waals surface area contributed by atoms with Crippen LogP contribution in [0.5, 0.6) is 0 Å². The van der Waals surface area contributed by atoms with Gasteiger partial charge in [0.2, 0.25) is 0 Å². The monoisotopic (exact) mass is 536 g/mol. The van der Waals surface area contributed by atoms with E-state index < -0.39 is 34.9 Å². The summed E-state index contributed by atoms with van der Waals surface area (Å²) in [6.07, 6.45) is 0.847. The van der Waals surface area contributed by atoms with Crippen molar-refractivity contribution in [1.29, 1.82) is 0 Å². The number of carbonyl (C=O) groups excluding carboxylic acids is 1. The van der Waals surface area contributed by atoms with E-state index in [2.05, 4.69) is 10.3 Å². The number of halogens is 3. The number of aliphatic carboxylic acids is 1. The fraction of sp³-hybridized carbons (Fsp3) is 0.240. The first-order chi connectivity index (χ1) is 17.2. The van der Waals surface area contributed by atoms with E-state index in [1.54, 1.807) is 35.3 Å². The number of carboxylic acids is 1. The Morgan fingerprint density at radius 2 is 1.94 bits per heavy atom. The van der Waals surface area contributed by atoms with Gasteiger partial charge in [0.25, 0.3) is 5.91 Å². The molecule has 6 nitrogen and oxygen atoms in total. The highest BCUT2D eigenvalue weighted by Gasteiger charge is 2.18. The van der Waals surface area contributed by atoms with Crippen molar-refractivity contribution in [3.8, 4) is 11.3 Å². The van der Waals surface area contributed by atoms with Gasteiger partial charge in [-0.1, -0.05) is 19.1 Å². The van der Waals surface area contributed by atoms with Crippen LogP contribution in [0, 0.1) is 17.5 Å². The zero-order valence-electron chi connectivity index (χ0n) is 19.4. The van der Waals surface area contributed by atoms with Gasteiger partial charge in [0.05, 0.1) is 18.9 Å². The van der Waals surface area contributed by atoms with Crippen molar-refractivity contribution < 1.29 is 32.6 Å². The van der Waals surface area contributed by atoms with Crippen molar-refractivity contribution in [2.45, 2.75) is 20.5 Å². The van der Waals surface area contributed by atoms with Crippen molar-refractivity contribution in [3.05, 3.63) is 75.4 Å². The van der Waals surface area contributed by atoms with Crippen LogP contribution in [0.4, 0.5) is 18.3 Å². The lowest BCUT2D eigenvalue weighted by Crippen LogP contribution is -2.13. The first kappa shape index (κ1) is 27.4. The van der Waals surface area contributed by atoms with Gasteiger partial charge in [0.15, 0.2) is 5.13 Å². The SMILES string of the molecule is CCSCCOCc1cccc(-c2csc(NC(=O)c3cc(F)c(/C=C(\C)C(=O)O)c(F)c3)n2)c1F. The molecule has 0 saturated carbocycles. The minimum Gasteiger partial charge on any atom is -0.478 e. The van der Waals surface area contributed by atoms with Crippen LogP contribution < -0.4 is 5.32 Å². The molecule has 2 N–H and O–H groups in total. The van der Waals surface area contributed by atoms with Gasteiger partial charge in [-0.05, 0) is 37.0 Å². The van der Waals surface area contributed by atoms with Crippen molar-refractivity contribution in [2.24, 2.45) is 0 Å². The van der Waals surface area contributed by atoms with Crippen LogP contribution in [0.2, 0.25) is 0 Å². The molecule has 0 atom stereocenters. The molecule has 0 aliphatic carbocycles. The highest BCUT2D eigenvalue weighted by molar-refractivity contribution is 7.99. The second-order valence-corrected chi connectivity index (χ2v) is 9.76. The zero-order chi connectivity index (χ0) is 26.2. The Balaban J connectivity index is 1.73. The molecular formula is C25H23F3N2O4S2. The number of thioether (sulfide) groups is 1. The lowest BCUT2D eigenvalue weighted by molar-refractivity contribution is -0.132. The Morgan fingerprint density at radius 3 is 2.61 bits per heavy atom. The van der Waals surface area contributed by atoms with Crippen molar-refractivity contribution >= 4 is 46.2 Å². The molecule has 1 heterocycles. The van der Waals surface area contributed by atoms with E-state index in [0.29, 0.717) is 12.2 Å². The molecule has 190 valence electrons. The number of benzene rings is 2. The molecule has 0 unspecified atom stereocenters. The molecule has 0 radical (unpaired) electrons. The van der Waals surface area contributed by atoms with Gasteiger partial charge in [-0.3, -0.25) is 10.1 Å². The third-order valence-corrected chi connectivity index (χ3v) is 6.57. The van der Waals surface area contributed by atoms with Gasteiger partial charge >= 0.3 is 5.97 Å². The van der Waals surface area contributed by atoms with Gasteiger partial charge < -0.3 is 9.84 Å². The van der Waals surface area contributed by atoms with Crippen LogP contribution in [0.3, 0.4) is 0 Å². The van der Waals surface area contributed by atoms with Crippen molar-refractivity contribution in [2.75, 3.05) is 23.4 Å². The minimum atomic E-state index is -1.32. The van der Waals surface area contributed by atoms with Crippen LogP contribution in [0.15, 0.2) is 41.3 Å². The van der Waals surface area contributed by atoms with E-state index in [1.807, 2.05) is 6.92 Å². The van der Waals surface area contributed by atoms with Gasteiger partial charge in [-0.2, -0.15) is 11.8 Å². The number of hydrogen-bond acceptors (Lipinski definition) is 6. The number of nitrogens with zero attached hydrogens (tertiary/aromatic N) is 1. The van der Waals surface area contributed by atoms with Crippen LogP contribution in [-0.2, 0) is 16.1 Å². The average molecular weight is 537 g/mol. The molecule has 3 rings (SSSR count). The summed E-state index contributed by atoms with van der Waals surface area (Å²) in [5.74, 6) is -3.00. The maximum atomic E-state index is 15.0. The average Bonchev–Trinajstić information content (AvgIpc) is 3.29. The van der Waals surface area contributed by atoms with Crippen LogP contribution in [0.1, 0.15) is 35.3 Å². The van der Waals surface area contributed by atoms with E-state index in [1.165, 1.54) is 6.92 Å². The first-order valence-electron chi connectivity index (χ1n) is 10.8. The number of hydrogen-bond donors (Lipinski definition) is 2. The number of thiazole rings is 1. The fourth-order valence-electron chi connectivity index (χ4n) is 3.09. The first-order valence-corrected chi connectivity index (χ1v) is 12.9. The van der Waals surface area contributed by atoms with Crippen LogP contribution in [0.25, 0.3) is 17.3 Å². The summed E-state index contributed by atoms with van der Waals surface area (Å²) in [5, 5.41) is 13.0. The standard InChI is InChI=1S/C25H23F3N2O4S2/c1-3-35-8-7-34-12-15-5-4-6-17(22(15)28)21-13-36-25(29-21)30-23(31)16-10-19(26)18(20(27)11-16)9-14(2)24(32)33/h4-6,9-11,13H,3,7-8,12H2,1-2H3,(H,32,33)(H,29,30,31)/b14-9+. The number of aromatic nitrogens is 1. The van der Waals surface area contributed by atoms with Gasteiger partial charge in [-0.15, -0.1) is 11.3 Å². The Kier molecular flexibility index (Phi) is 9.68. The fourth-order valence-corrected chi connectivity index (χ4v) is 4.32. The second kappa shape index (κ2) is 12.7. The van der Waals surface area contributed by atoms with E-state index >= 15 is 4.39 Å². The predicted molar refractivity (Wildman–Crippen MR) is 136 cm³/mol. The normalized spacial score (nSPS) is 11.5. The third-order valence-electron chi connectivity index (χ3n) is 4.95. The Hall–Kier alpha value is -3.15. The number of amides is 1. The third kappa shape index (κ3) is 6.96. The molecule has 0 aliphatic heterocycles. The van der Waals surface area contributed by atoms with E-state index in [-0.39, 0.29) is 34.1 Å². The second-order valence-electron chi connectivity index (χ2n) is 7.51. The topological polar surface area (TPSA) is 88.5 Å². The Morgan fingerprint density at radius 1 is 1.22 bits per heavy atom. The summed E-state index contributed by atoms with van der Waals surface area (Å²) in [6.45, 7) is 3.87. The maximum Gasteiger partial charge on any atom is 0.331 e. The Bertz CT molecular complexity index is 1270. The summed E-state index contributed by atoms with van der Waals surface area (Å²) in [7, 11) is 0. The molecule has 1 aromatic heterocycles. The summed E-state index contributed by atoms with van der Waals surface area (Å²) in [4.78, 5) is 27.7. The molecule has 0 bridgehead atoms. The van der Waals surface area contributed by atoms with Crippen molar-refractivity contribution in [1.82, 2.24) is 4.98 Å². The molecule has 0 spiro atoms. The van der Waals surface area contributed by atoms with Gasteiger partial charge in [0.1, 0.15) is 17.5 Å². The number of anilines is 1. The van der Waals surface area contributed by atoms with Crippen molar-refractivity contribution in [3.63, 3.8) is 0 Å². The molecule has 11 heteroatoms. The number of carbonyl (C=O) groups is 2. The largest absolute Gasteiger partial charge is 0.478 e. The minimum absolute atomic E-state index is 0.110. The lowest BCUT2D eigenvalue weighted by Gasteiger charge is -2.08. The summed E-state index contributed by atoms with van der Waals surface area (Å²) in [5.41, 5.74) is -0.245. The molecule has 0 fully saturated rings. The van der Waals surface area contributed by atoms with Crippen LogP contribution in [-0.4, -0.2) is 40.1 Å². The number of rotatable bonds is 11. The molecule has 1 amide bonds. The molecule has 2 aromatic carbocycles. The highest BCUT2D eigenvalue weighted by atomic mass is 32.2. The number of ether oxygens (including phenoxy) is 1. The van der Waals surface area contributed by atoms with Gasteiger partial charge in [-0.25, -0.2) is 22.9 Å². The van der Waals surface area contributed by atoms with E-state index in [4.69, 9.17) is 9.84 Å². The number of carboxylic acid groups (broad SMARTS) is 1.